The summed E-state index contributed by atoms with van der Waals surface area (Å²) in [5.41, 5.74) is 1.09. The molecule has 0 bridgehead atoms. The molecule has 2 rings (SSSR count). The predicted octanol–water partition coefficient (Wildman–Crippen LogP) is 1.94. The molecule has 5 heteroatoms. The Morgan fingerprint density at radius 3 is 2.48 bits per heavy atom. The molecule has 1 aromatic heterocycles. The van der Waals surface area contributed by atoms with Gasteiger partial charge in [0.2, 0.25) is 0 Å². The average molecular weight is 285 g/mol. The highest BCUT2D eigenvalue weighted by Crippen LogP contribution is 2.23. The van der Waals surface area contributed by atoms with Gasteiger partial charge >= 0.3 is 0 Å². The van der Waals surface area contributed by atoms with Crippen molar-refractivity contribution in [1.82, 2.24) is 15.5 Å². The van der Waals surface area contributed by atoms with Crippen LogP contribution in [0.25, 0.3) is 0 Å². The molecular formula is C16H19N3O2. The van der Waals surface area contributed by atoms with Crippen LogP contribution in [0.3, 0.4) is 0 Å². The van der Waals surface area contributed by atoms with Crippen LogP contribution < -0.4 is 10.9 Å². The van der Waals surface area contributed by atoms with Crippen molar-refractivity contribution in [2.24, 2.45) is 5.92 Å². The lowest BCUT2D eigenvalue weighted by Gasteiger charge is -2.21. The smallest absolute Gasteiger partial charge is 0.271 e. The van der Waals surface area contributed by atoms with Gasteiger partial charge in [-0.05, 0) is 17.5 Å². The zero-order valence-corrected chi connectivity index (χ0v) is 12.2. The number of nitrogens with zero attached hydrogens (tertiary/aromatic N) is 1. The number of H-pyrrole nitrogens is 1. The van der Waals surface area contributed by atoms with Crippen molar-refractivity contribution >= 4 is 5.91 Å². The van der Waals surface area contributed by atoms with Gasteiger partial charge in [0.25, 0.3) is 11.5 Å². The van der Waals surface area contributed by atoms with Crippen molar-refractivity contribution in [1.29, 1.82) is 0 Å². The van der Waals surface area contributed by atoms with Crippen molar-refractivity contribution in [3.8, 4) is 0 Å². The molecule has 0 saturated carbocycles. The second-order valence-electron chi connectivity index (χ2n) is 5.28. The van der Waals surface area contributed by atoms with Crippen LogP contribution in [-0.2, 0) is 0 Å². The van der Waals surface area contributed by atoms with E-state index in [-0.39, 0.29) is 23.1 Å². The first-order valence-corrected chi connectivity index (χ1v) is 6.97. The first-order valence-electron chi connectivity index (χ1n) is 6.97. The summed E-state index contributed by atoms with van der Waals surface area (Å²) in [6.07, 6.45) is 0. The third-order valence-corrected chi connectivity index (χ3v) is 3.43. The Kier molecular flexibility index (Phi) is 4.87. The van der Waals surface area contributed by atoms with Gasteiger partial charge in [0.05, 0.1) is 0 Å². The maximum Gasteiger partial charge on any atom is 0.271 e. The minimum absolute atomic E-state index is 0.213. The molecule has 110 valence electrons. The number of carbonyl (C=O) groups is 1. The number of rotatable bonds is 5. The number of hydrogen-bond acceptors (Lipinski definition) is 3. The number of hydrogen-bond donors (Lipinski definition) is 2. The summed E-state index contributed by atoms with van der Waals surface area (Å²) in [6.45, 7) is 4.78. The Morgan fingerprint density at radius 1 is 1.19 bits per heavy atom. The molecule has 0 saturated heterocycles. The molecule has 0 spiro atoms. The van der Waals surface area contributed by atoms with E-state index in [2.05, 4.69) is 41.5 Å². The fourth-order valence-corrected chi connectivity index (χ4v) is 2.20. The molecule has 0 aliphatic rings. The van der Waals surface area contributed by atoms with Crippen LogP contribution in [0.1, 0.15) is 35.8 Å². The summed E-state index contributed by atoms with van der Waals surface area (Å²) in [6, 6.07) is 12.8. The van der Waals surface area contributed by atoms with E-state index in [0.29, 0.717) is 12.5 Å². The summed E-state index contributed by atoms with van der Waals surface area (Å²) >= 11 is 0. The molecule has 2 N–H and O–H groups in total. The second-order valence-corrected chi connectivity index (χ2v) is 5.28. The van der Waals surface area contributed by atoms with Crippen molar-refractivity contribution in [3.63, 3.8) is 0 Å². The third-order valence-electron chi connectivity index (χ3n) is 3.43. The second kappa shape index (κ2) is 6.83. The molecule has 1 unspecified atom stereocenters. The average Bonchev–Trinajstić information content (AvgIpc) is 2.48. The molecule has 1 aromatic carbocycles. The maximum atomic E-state index is 12.0. The summed E-state index contributed by atoms with van der Waals surface area (Å²) in [5.74, 6) is 0.349. The fraction of sp³-hybridized carbons (Fsp3) is 0.312. The van der Waals surface area contributed by atoms with Gasteiger partial charge in [0.15, 0.2) is 0 Å². The van der Waals surface area contributed by atoms with Crippen LogP contribution in [-0.4, -0.2) is 22.6 Å². The zero-order chi connectivity index (χ0) is 15.2. The maximum absolute atomic E-state index is 12.0. The van der Waals surface area contributed by atoms with Gasteiger partial charge in [0.1, 0.15) is 5.69 Å². The number of carbonyl (C=O) groups excluding carboxylic acids is 1. The van der Waals surface area contributed by atoms with E-state index in [1.165, 1.54) is 17.7 Å². The molecule has 0 aliphatic heterocycles. The van der Waals surface area contributed by atoms with E-state index in [9.17, 15) is 9.59 Å². The van der Waals surface area contributed by atoms with Crippen molar-refractivity contribution in [2.75, 3.05) is 6.54 Å². The number of benzene rings is 1. The molecule has 2 aromatic rings. The lowest BCUT2D eigenvalue weighted by atomic mass is 9.88. The quantitative estimate of drug-likeness (QED) is 0.881. The van der Waals surface area contributed by atoms with Crippen LogP contribution in [0.2, 0.25) is 0 Å². The molecule has 0 radical (unpaired) electrons. The zero-order valence-electron chi connectivity index (χ0n) is 12.2. The van der Waals surface area contributed by atoms with Crippen molar-refractivity contribution in [2.45, 2.75) is 19.8 Å². The van der Waals surface area contributed by atoms with Crippen LogP contribution >= 0.6 is 0 Å². The Bertz CT molecular complexity index is 630. The van der Waals surface area contributed by atoms with Gasteiger partial charge in [-0.2, -0.15) is 5.10 Å². The molecule has 5 nitrogen and oxygen atoms in total. The molecule has 0 fully saturated rings. The van der Waals surface area contributed by atoms with E-state index in [4.69, 9.17) is 0 Å². The summed E-state index contributed by atoms with van der Waals surface area (Å²) in [5, 5.41) is 8.86. The van der Waals surface area contributed by atoms with Gasteiger partial charge in [-0.1, -0.05) is 44.2 Å². The molecule has 1 heterocycles. The fourth-order valence-electron chi connectivity index (χ4n) is 2.20. The van der Waals surface area contributed by atoms with Crippen LogP contribution in [0.5, 0.6) is 0 Å². The largest absolute Gasteiger partial charge is 0.350 e. The van der Waals surface area contributed by atoms with Crippen molar-refractivity contribution in [3.05, 3.63) is 64.1 Å². The van der Waals surface area contributed by atoms with E-state index in [0.717, 1.165) is 0 Å². The minimum Gasteiger partial charge on any atom is -0.350 e. The Morgan fingerprint density at radius 2 is 1.90 bits per heavy atom. The van der Waals surface area contributed by atoms with Gasteiger partial charge in [-0.25, -0.2) is 5.10 Å². The Balaban J connectivity index is 2.04. The van der Waals surface area contributed by atoms with Gasteiger partial charge in [-0.3, -0.25) is 9.59 Å². The third kappa shape index (κ3) is 4.02. The topological polar surface area (TPSA) is 74.8 Å². The molecular weight excluding hydrogens is 266 g/mol. The molecule has 1 atom stereocenters. The highest BCUT2D eigenvalue weighted by atomic mass is 16.2. The number of aromatic amines is 1. The predicted molar refractivity (Wildman–Crippen MR) is 81.2 cm³/mol. The van der Waals surface area contributed by atoms with Gasteiger partial charge in [-0.15, -0.1) is 0 Å². The van der Waals surface area contributed by atoms with Crippen LogP contribution in [0.15, 0.2) is 47.3 Å². The molecule has 1 amide bonds. The summed E-state index contributed by atoms with van der Waals surface area (Å²) in [7, 11) is 0. The van der Waals surface area contributed by atoms with Crippen LogP contribution in [0, 0.1) is 5.92 Å². The summed E-state index contributed by atoms with van der Waals surface area (Å²) < 4.78 is 0. The standard InChI is InChI=1S/C16H19N3O2/c1-11(2)13(12-6-4-3-5-7-12)10-17-16(21)14-8-9-15(20)19-18-14/h3-9,11,13H,10H2,1-2H3,(H,17,21)(H,19,20). The minimum atomic E-state index is -0.323. The highest BCUT2D eigenvalue weighted by Gasteiger charge is 2.17. The first-order chi connectivity index (χ1) is 10.1. The Labute approximate surface area is 123 Å². The monoisotopic (exact) mass is 285 g/mol. The lowest BCUT2D eigenvalue weighted by molar-refractivity contribution is 0.0943. The molecule has 0 aliphatic carbocycles. The van der Waals surface area contributed by atoms with Gasteiger partial charge < -0.3 is 5.32 Å². The normalized spacial score (nSPS) is 12.1. The van der Waals surface area contributed by atoms with E-state index < -0.39 is 0 Å². The molecule has 21 heavy (non-hydrogen) atoms. The van der Waals surface area contributed by atoms with E-state index in [1.54, 1.807) is 0 Å². The summed E-state index contributed by atoms with van der Waals surface area (Å²) in [4.78, 5) is 23.0. The Hall–Kier alpha value is -2.43. The number of nitrogens with one attached hydrogen (secondary N) is 2. The van der Waals surface area contributed by atoms with E-state index in [1.807, 2.05) is 18.2 Å². The number of aromatic nitrogens is 2. The van der Waals surface area contributed by atoms with Crippen molar-refractivity contribution < 1.29 is 4.79 Å². The SMILES string of the molecule is CC(C)C(CNC(=O)c1ccc(=O)[nH]n1)c1ccccc1. The first kappa shape index (κ1) is 15.0. The number of amides is 1. The highest BCUT2D eigenvalue weighted by molar-refractivity contribution is 5.91. The van der Waals surface area contributed by atoms with Crippen LogP contribution in [0.4, 0.5) is 0 Å². The van der Waals surface area contributed by atoms with E-state index >= 15 is 0 Å². The lowest BCUT2D eigenvalue weighted by Crippen LogP contribution is -2.31. The van der Waals surface area contributed by atoms with Gasteiger partial charge in [0, 0.05) is 18.5 Å².